The van der Waals surface area contributed by atoms with E-state index in [4.69, 9.17) is 4.42 Å². The number of rotatable bonds is 6. The van der Waals surface area contributed by atoms with Crippen molar-refractivity contribution in [3.05, 3.63) is 188 Å². The zero-order valence-electron chi connectivity index (χ0n) is 26.3. The van der Waals surface area contributed by atoms with E-state index in [0.29, 0.717) is 0 Å². The predicted molar refractivity (Wildman–Crippen MR) is 202 cm³/mol. The fourth-order valence-corrected chi connectivity index (χ4v) is 6.84. The number of fused-ring (bicyclic) bond motifs is 5. The Hall–Kier alpha value is -6.38. The minimum absolute atomic E-state index is 0.920. The van der Waals surface area contributed by atoms with Crippen LogP contribution in [0.4, 0.5) is 17.1 Å². The van der Waals surface area contributed by atoms with Crippen LogP contribution in [0.25, 0.3) is 66.1 Å². The highest BCUT2D eigenvalue weighted by molar-refractivity contribution is 6.19. The quantitative estimate of drug-likeness (QED) is 0.185. The van der Waals surface area contributed by atoms with Gasteiger partial charge in [0.1, 0.15) is 11.2 Å². The fraction of sp³-hybridized carbons (Fsp3) is 0. The molecule has 9 aromatic rings. The van der Waals surface area contributed by atoms with Gasteiger partial charge in [-0.25, -0.2) is 0 Å². The molecule has 0 radical (unpaired) electrons. The topological polar surface area (TPSA) is 16.4 Å². The molecule has 1 aromatic heterocycles. The minimum Gasteiger partial charge on any atom is -0.456 e. The molecular weight excluding hydrogens is 583 g/mol. The van der Waals surface area contributed by atoms with Gasteiger partial charge in [-0.1, -0.05) is 133 Å². The molecule has 1 heterocycles. The Labute approximate surface area is 279 Å². The summed E-state index contributed by atoms with van der Waals surface area (Å²) in [5.74, 6) is 0. The Morgan fingerprint density at radius 3 is 1.31 bits per heavy atom. The van der Waals surface area contributed by atoms with E-state index in [1.807, 2.05) is 12.1 Å². The van der Waals surface area contributed by atoms with Crippen molar-refractivity contribution >= 4 is 49.8 Å². The van der Waals surface area contributed by atoms with Gasteiger partial charge in [-0.15, -0.1) is 0 Å². The van der Waals surface area contributed by atoms with Crippen LogP contribution in [0.5, 0.6) is 0 Å². The van der Waals surface area contributed by atoms with E-state index < -0.39 is 0 Å². The number of hydrogen-bond donors (Lipinski definition) is 0. The average Bonchev–Trinajstić information content (AvgIpc) is 3.56. The van der Waals surface area contributed by atoms with Crippen LogP contribution in [0.3, 0.4) is 0 Å². The van der Waals surface area contributed by atoms with E-state index in [-0.39, 0.29) is 0 Å². The lowest BCUT2D eigenvalue weighted by molar-refractivity contribution is 0.669. The summed E-state index contributed by atoms with van der Waals surface area (Å²) in [5, 5.41) is 4.74. The number of nitrogens with zero attached hydrogens (tertiary/aromatic N) is 1. The first-order valence-electron chi connectivity index (χ1n) is 16.3. The lowest BCUT2D eigenvalue weighted by Crippen LogP contribution is -2.09. The van der Waals surface area contributed by atoms with Crippen molar-refractivity contribution in [3.63, 3.8) is 0 Å². The maximum absolute atomic E-state index is 6.19. The van der Waals surface area contributed by atoms with Crippen molar-refractivity contribution < 1.29 is 4.42 Å². The summed E-state index contributed by atoms with van der Waals surface area (Å²) in [5.41, 5.74) is 12.3. The molecule has 0 fully saturated rings. The number of furan rings is 1. The summed E-state index contributed by atoms with van der Waals surface area (Å²) in [7, 11) is 0. The molecule has 0 N–H and O–H groups in total. The van der Waals surface area contributed by atoms with Gasteiger partial charge in [0, 0.05) is 27.8 Å². The van der Waals surface area contributed by atoms with E-state index in [1.165, 1.54) is 49.5 Å². The van der Waals surface area contributed by atoms with E-state index in [9.17, 15) is 0 Å². The van der Waals surface area contributed by atoms with Gasteiger partial charge in [0.05, 0.1) is 0 Å². The van der Waals surface area contributed by atoms with E-state index in [1.54, 1.807) is 0 Å². The fourth-order valence-electron chi connectivity index (χ4n) is 6.84. The van der Waals surface area contributed by atoms with Gasteiger partial charge in [0.15, 0.2) is 0 Å². The van der Waals surface area contributed by atoms with Gasteiger partial charge in [0.2, 0.25) is 0 Å². The molecule has 0 spiro atoms. The maximum Gasteiger partial charge on any atom is 0.136 e. The minimum atomic E-state index is 0.920. The van der Waals surface area contributed by atoms with Crippen LogP contribution in [0.1, 0.15) is 0 Å². The number of para-hydroxylation sites is 1. The molecule has 2 nitrogen and oxygen atoms in total. The van der Waals surface area contributed by atoms with Gasteiger partial charge < -0.3 is 9.32 Å². The Kier molecular flexibility index (Phi) is 6.84. The van der Waals surface area contributed by atoms with Gasteiger partial charge >= 0.3 is 0 Å². The first kappa shape index (κ1) is 27.9. The number of hydrogen-bond acceptors (Lipinski definition) is 2. The molecule has 0 aliphatic carbocycles. The third-order valence-corrected chi connectivity index (χ3v) is 9.28. The normalized spacial score (nSPS) is 11.3. The number of anilines is 3. The summed E-state index contributed by atoms with van der Waals surface area (Å²) in [4.78, 5) is 2.33. The zero-order chi connectivity index (χ0) is 31.9. The molecule has 0 aliphatic heterocycles. The Balaban J connectivity index is 1.11. The van der Waals surface area contributed by atoms with Crippen molar-refractivity contribution in [3.8, 4) is 33.4 Å². The summed E-state index contributed by atoms with van der Waals surface area (Å²) in [6.45, 7) is 0. The first-order chi connectivity index (χ1) is 23.8. The van der Waals surface area contributed by atoms with Crippen molar-refractivity contribution in [1.82, 2.24) is 0 Å². The molecule has 2 heteroatoms. The smallest absolute Gasteiger partial charge is 0.136 e. The molecule has 0 saturated carbocycles. The predicted octanol–water partition coefficient (Wildman–Crippen LogP) is 13.2. The Bertz CT molecular complexity index is 2430. The van der Waals surface area contributed by atoms with Crippen LogP contribution < -0.4 is 4.90 Å². The van der Waals surface area contributed by atoms with Crippen LogP contribution in [-0.4, -0.2) is 0 Å². The molecule has 0 aliphatic rings. The Morgan fingerprint density at radius 2 is 0.750 bits per heavy atom. The monoisotopic (exact) mass is 613 g/mol. The second-order valence-electron chi connectivity index (χ2n) is 12.2. The van der Waals surface area contributed by atoms with Gasteiger partial charge in [0.25, 0.3) is 0 Å². The second kappa shape index (κ2) is 11.8. The molecule has 48 heavy (non-hydrogen) atoms. The third-order valence-electron chi connectivity index (χ3n) is 9.28. The third kappa shape index (κ3) is 5.01. The van der Waals surface area contributed by atoms with Gasteiger partial charge in [-0.05, 0) is 98.8 Å². The maximum atomic E-state index is 6.19. The summed E-state index contributed by atoms with van der Waals surface area (Å²) >= 11 is 0. The van der Waals surface area contributed by atoms with E-state index in [2.05, 4.69) is 181 Å². The molecule has 0 bridgehead atoms. The SMILES string of the molecule is c1ccc(-c2ccc(N(c3ccc(-c4ccccc4)cc3)c3ccc(-c4ccc5ccc6oc7ccccc7c6c5c4)cc3)cc2)cc1. The lowest BCUT2D eigenvalue weighted by Gasteiger charge is -2.26. The van der Waals surface area contributed by atoms with Crippen molar-refractivity contribution in [2.24, 2.45) is 0 Å². The highest BCUT2D eigenvalue weighted by atomic mass is 16.3. The van der Waals surface area contributed by atoms with Crippen molar-refractivity contribution in [2.75, 3.05) is 4.90 Å². The van der Waals surface area contributed by atoms with Gasteiger partial charge in [-0.2, -0.15) is 0 Å². The highest BCUT2D eigenvalue weighted by Crippen LogP contribution is 2.39. The molecule has 0 saturated heterocycles. The highest BCUT2D eigenvalue weighted by Gasteiger charge is 2.15. The molecule has 0 atom stereocenters. The van der Waals surface area contributed by atoms with Crippen LogP contribution in [0.2, 0.25) is 0 Å². The van der Waals surface area contributed by atoms with E-state index in [0.717, 1.165) is 33.6 Å². The average molecular weight is 614 g/mol. The van der Waals surface area contributed by atoms with Crippen LogP contribution in [-0.2, 0) is 0 Å². The van der Waals surface area contributed by atoms with Gasteiger partial charge in [-0.3, -0.25) is 0 Å². The largest absolute Gasteiger partial charge is 0.456 e. The molecule has 0 unspecified atom stereocenters. The van der Waals surface area contributed by atoms with Crippen LogP contribution in [0.15, 0.2) is 192 Å². The standard InChI is InChI=1S/C46H31NO/c1-3-9-32(10-4-1)34-17-24-39(25-18-34)47(40-26-19-35(20-27-40)33-11-5-2-6-12-33)41-28-21-36(22-29-41)38-16-15-37-23-30-45-46(43(37)31-38)42-13-7-8-14-44(42)48-45/h1-31H. The summed E-state index contributed by atoms with van der Waals surface area (Å²) in [6, 6.07) is 66.9. The lowest BCUT2D eigenvalue weighted by atomic mass is 9.98. The summed E-state index contributed by atoms with van der Waals surface area (Å²) < 4.78 is 6.19. The van der Waals surface area contributed by atoms with Crippen molar-refractivity contribution in [2.45, 2.75) is 0 Å². The molecular formula is C46H31NO. The molecule has 0 amide bonds. The van der Waals surface area contributed by atoms with E-state index >= 15 is 0 Å². The first-order valence-corrected chi connectivity index (χ1v) is 16.3. The second-order valence-corrected chi connectivity index (χ2v) is 12.2. The summed E-state index contributed by atoms with van der Waals surface area (Å²) in [6.07, 6.45) is 0. The number of benzene rings is 8. The van der Waals surface area contributed by atoms with Crippen LogP contribution in [0, 0.1) is 0 Å². The van der Waals surface area contributed by atoms with Crippen LogP contribution >= 0.6 is 0 Å². The molecule has 9 rings (SSSR count). The Morgan fingerprint density at radius 1 is 0.312 bits per heavy atom. The molecule has 226 valence electrons. The molecule has 8 aromatic carbocycles. The van der Waals surface area contributed by atoms with Crippen molar-refractivity contribution in [1.29, 1.82) is 0 Å². The zero-order valence-corrected chi connectivity index (χ0v) is 26.3.